The van der Waals surface area contributed by atoms with Crippen molar-refractivity contribution in [1.82, 2.24) is 10.3 Å². The van der Waals surface area contributed by atoms with E-state index in [1.165, 1.54) is 11.3 Å². The smallest absolute Gasteiger partial charge is 0.319 e. The van der Waals surface area contributed by atoms with Gasteiger partial charge in [-0.3, -0.25) is 4.79 Å². The number of urea groups is 1. The number of aryl methyl sites for hydroxylation is 2. The highest BCUT2D eigenvalue weighted by Gasteiger charge is 2.07. The second-order valence-corrected chi connectivity index (χ2v) is 5.38. The van der Waals surface area contributed by atoms with Crippen LogP contribution in [0.5, 0.6) is 0 Å². The topological polar surface area (TPSA) is 83.1 Å². The van der Waals surface area contributed by atoms with Crippen molar-refractivity contribution in [2.75, 3.05) is 17.2 Å². The molecule has 0 bridgehead atoms. The lowest BCUT2D eigenvalue weighted by Gasteiger charge is -2.07. The van der Waals surface area contributed by atoms with Crippen LogP contribution in [0.4, 0.5) is 15.6 Å². The maximum absolute atomic E-state index is 11.7. The van der Waals surface area contributed by atoms with E-state index in [4.69, 9.17) is 0 Å². The number of hydrogen-bond acceptors (Lipinski definition) is 4. The molecule has 0 unspecified atom stereocenters. The van der Waals surface area contributed by atoms with Gasteiger partial charge in [-0.1, -0.05) is 12.1 Å². The predicted octanol–water partition coefficient (Wildman–Crippen LogP) is 2.52. The van der Waals surface area contributed by atoms with Gasteiger partial charge in [-0.05, 0) is 31.5 Å². The molecule has 0 atom stereocenters. The summed E-state index contributed by atoms with van der Waals surface area (Å²) in [5, 5.41) is 10.1. The molecule has 0 fully saturated rings. The van der Waals surface area contributed by atoms with E-state index in [2.05, 4.69) is 20.9 Å². The summed E-state index contributed by atoms with van der Waals surface area (Å²) in [6, 6.07) is 6.99. The van der Waals surface area contributed by atoms with Crippen LogP contribution in [-0.4, -0.2) is 23.5 Å². The number of anilines is 2. The van der Waals surface area contributed by atoms with Gasteiger partial charge in [0.15, 0.2) is 5.13 Å². The lowest BCUT2D eigenvalue weighted by atomic mass is 10.2. The highest BCUT2D eigenvalue weighted by Crippen LogP contribution is 2.13. The monoisotopic (exact) mass is 304 g/mol. The predicted molar refractivity (Wildman–Crippen MR) is 83.7 cm³/mol. The third-order valence-electron chi connectivity index (χ3n) is 2.55. The SMILES string of the molecule is Cc1cccc(NC(=O)NCC(=O)Nc2nc(C)cs2)c1. The first-order valence-corrected chi connectivity index (χ1v) is 7.24. The maximum Gasteiger partial charge on any atom is 0.319 e. The number of hydrogen-bond donors (Lipinski definition) is 3. The van der Waals surface area contributed by atoms with Crippen LogP contribution in [0.25, 0.3) is 0 Å². The van der Waals surface area contributed by atoms with Crippen LogP contribution in [0.15, 0.2) is 29.6 Å². The normalized spacial score (nSPS) is 10.0. The summed E-state index contributed by atoms with van der Waals surface area (Å²) in [4.78, 5) is 27.4. The van der Waals surface area contributed by atoms with Crippen molar-refractivity contribution in [3.05, 3.63) is 40.9 Å². The van der Waals surface area contributed by atoms with Gasteiger partial charge < -0.3 is 16.0 Å². The lowest BCUT2D eigenvalue weighted by molar-refractivity contribution is -0.115. The minimum absolute atomic E-state index is 0.115. The van der Waals surface area contributed by atoms with Crippen LogP contribution in [-0.2, 0) is 4.79 Å². The molecule has 0 spiro atoms. The number of carbonyl (C=O) groups is 2. The molecule has 1 aromatic carbocycles. The minimum Gasteiger partial charge on any atom is -0.329 e. The highest BCUT2D eigenvalue weighted by molar-refractivity contribution is 7.13. The van der Waals surface area contributed by atoms with Crippen molar-refractivity contribution >= 4 is 34.1 Å². The summed E-state index contributed by atoms with van der Waals surface area (Å²) in [6.45, 7) is 3.67. The molecule has 0 radical (unpaired) electrons. The van der Waals surface area contributed by atoms with Crippen molar-refractivity contribution in [2.24, 2.45) is 0 Å². The van der Waals surface area contributed by atoms with Crippen molar-refractivity contribution in [1.29, 1.82) is 0 Å². The number of nitrogens with one attached hydrogen (secondary N) is 3. The Morgan fingerprint density at radius 3 is 2.71 bits per heavy atom. The van der Waals surface area contributed by atoms with Crippen LogP contribution >= 0.6 is 11.3 Å². The molecule has 3 amide bonds. The fourth-order valence-electron chi connectivity index (χ4n) is 1.63. The third-order valence-corrected chi connectivity index (χ3v) is 3.43. The Balaban J connectivity index is 1.77. The van der Waals surface area contributed by atoms with Gasteiger partial charge in [-0.25, -0.2) is 9.78 Å². The van der Waals surface area contributed by atoms with Crippen LogP contribution in [0, 0.1) is 13.8 Å². The van der Waals surface area contributed by atoms with Gasteiger partial charge in [0.05, 0.1) is 12.2 Å². The molecule has 2 rings (SSSR count). The van der Waals surface area contributed by atoms with Gasteiger partial charge in [0.2, 0.25) is 5.91 Å². The van der Waals surface area contributed by atoms with Gasteiger partial charge in [-0.15, -0.1) is 11.3 Å². The van der Waals surface area contributed by atoms with E-state index < -0.39 is 6.03 Å². The first-order chi connectivity index (χ1) is 10.0. The number of aromatic nitrogens is 1. The molecule has 3 N–H and O–H groups in total. The Kier molecular flexibility index (Phi) is 4.89. The zero-order valence-corrected chi connectivity index (χ0v) is 12.6. The van der Waals surface area contributed by atoms with Gasteiger partial charge in [0.1, 0.15) is 0 Å². The van der Waals surface area contributed by atoms with Gasteiger partial charge in [-0.2, -0.15) is 0 Å². The molecule has 7 heteroatoms. The standard InChI is InChI=1S/C14H16N4O2S/c1-9-4-3-5-11(6-9)17-13(20)15-7-12(19)18-14-16-10(2)8-21-14/h3-6,8H,7H2,1-2H3,(H2,15,17,20)(H,16,18,19). The minimum atomic E-state index is -0.425. The maximum atomic E-state index is 11.7. The molecule has 1 heterocycles. The number of nitrogens with zero attached hydrogens (tertiary/aromatic N) is 1. The van der Waals surface area contributed by atoms with Crippen molar-refractivity contribution < 1.29 is 9.59 Å². The average molecular weight is 304 g/mol. The number of benzene rings is 1. The Labute approximate surface area is 126 Å². The Hall–Kier alpha value is -2.41. The fourth-order valence-corrected chi connectivity index (χ4v) is 2.34. The Morgan fingerprint density at radius 2 is 2.05 bits per heavy atom. The van der Waals surface area contributed by atoms with Gasteiger partial charge in [0.25, 0.3) is 0 Å². The fraction of sp³-hybridized carbons (Fsp3) is 0.214. The lowest BCUT2D eigenvalue weighted by Crippen LogP contribution is -2.35. The highest BCUT2D eigenvalue weighted by atomic mass is 32.1. The number of carbonyl (C=O) groups excluding carboxylic acids is 2. The Morgan fingerprint density at radius 1 is 1.24 bits per heavy atom. The molecule has 0 aliphatic carbocycles. The van der Waals surface area contributed by atoms with Crippen molar-refractivity contribution in [2.45, 2.75) is 13.8 Å². The summed E-state index contributed by atoms with van der Waals surface area (Å²) < 4.78 is 0. The summed E-state index contributed by atoms with van der Waals surface area (Å²) in [5.41, 5.74) is 2.58. The molecule has 110 valence electrons. The molecular formula is C14H16N4O2S. The van der Waals surface area contributed by atoms with Gasteiger partial charge in [0, 0.05) is 11.1 Å². The molecule has 0 saturated heterocycles. The number of rotatable bonds is 4. The largest absolute Gasteiger partial charge is 0.329 e. The molecule has 6 nitrogen and oxygen atoms in total. The van der Waals surface area contributed by atoms with Crippen LogP contribution in [0.3, 0.4) is 0 Å². The molecule has 0 aliphatic heterocycles. The zero-order valence-electron chi connectivity index (χ0n) is 11.8. The molecular weight excluding hydrogens is 288 g/mol. The van der Waals surface area contributed by atoms with Crippen molar-refractivity contribution in [3.63, 3.8) is 0 Å². The van der Waals surface area contributed by atoms with E-state index in [0.29, 0.717) is 10.8 Å². The average Bonchev–Trinajstić information content (AvgIpc) is 2.82. The molecule has 2 aromatic rings. The quantitative estimate of drug-likeness (QED) is 0.811. The first-order valence-electron chi connectivity index (χ1n) is 6.36. The molecule has 21 heavy (non-hydrogen) atoms. The summed E-state index contributed by atoms with van der Waals surface area (Å²) in [6.07, 6.45) is 0. The van der Waals surface area contributed by atoms with E-state index in [1.807, 2.05) is 37.4 Å². The molecule has 1 aromatic heterocycles. The second kappa shape index (κ2) is 6.85. The summed E-state index contributed by atoms with van der Waals surface area (Å²) >= 11 is 1.34. The Bertz CT molecular complexity index is 654. The van der Waals surface area contributed by atoms with E-state index in [-0.39, 0.29) is 12.5 Å². The van der Waals surface area contributed by atoms with E-state index >= 15 is 0 Å². The van der Waals surface area contributed by atoms with Gasteiger partial charge >= 0.3 is 6.03 Å². The van der Waals surface area contributed by atoms with Crippen molar-refractivity contribution in [3.8, 4) is 0 Å². The van der Waals surface area contributed by atoms with Crippen LogP contribution < -0.4 is 16.0 Å². The number of amides is 3. The molecule has 0 aliphatic rings. The van der Waals surface area contributed by atoms with Crippen LogP contribution in [0.2, 0.25) is 0 Å². The first kappa shape index (κ1) is 15.0. The van der Waals surface area contributed by atoms with E-state index in [1.54, 1.807) is 6.07 Å². The second-order valence-electron chi connectivity index (χ2n) is 4.52. The van der Waals surface area contributed by atoms with E-state index in [0.717, 1.165) is 11.3 Å². The van der Waals surface area contributed by atoms with Crippen LogP contribution in [0.1, 0.15) is 11.3 Å². The number of thiazole rings is 1. The summed E-state index contributed by atoms with van der Waals surface area (Å²) in [5.74, 6) is -0.316. The summed E-state index contributed by atoms with van der Waals surface area (Å²) in [7, 11) is 0. The zero-order chi connectivity index (χ0) is 15.2. The van der Waals surface area contributed by atoms with E-state index in [9.17, 15) is 9.59 Å². The molecule has 0 saturated carbocycles. The third kappa shape index (κ3) is 4.88.